The summed E-state index contributed by atoms with van der Waals surface area (Å²) in [5, 5.41) is 3.63. The molecule has 6 nitrogen and oxygen atoms in total. The number of furan rings is 1. The van der Waals surface area contributed by atoms with Crippen LogP contribution < -0.4 is 5.32 Å². The molecule has 0 aliphatic carbocycles. The fourth-order valence-electron chi connectivity index (χ4n) is 3.08. The molecule has 29 heavy (non-hydrogen) atoms. The van der Waals surface area contributed by atoms with Crippen molar-refractivity contribution in [2.75, 3.05) is 5.32 Å². The monoisotopic (exact) mass is 406 g/mol. The van der Waals surface area contributed by atoms with Crippen LogP contribution in [0.25, 0.3) is 10.9 Å². The number of aromatic nitrogens is 1. The van der Waals surface area contributed by atoms with E-state index in [0.29, 0.717) is 5.69 Å². The van der Waals surface area contributed by atoms with Crippen molar-refractivity contribution >= 4 is 32.3 Å². The third-order valence-corrected chi connectivity index (χ3v) is 6.19. The molecule has 7 heteroatoms. The van der Waals surface area contributed by atoms with Gasteiger partial charge in [-0.2, -0.15) is 0 Å². The van der Waals surface area contributed by atoms with E-state index in [4.69, 9.17) is 4.42 Å². The lowest BCUT2D eigenvalue weighted by molar-refractivity contribution is 0.0995. The van der Waals surface area contributed by atoms with Gasteiger partial charge in [-0.05, 0) is 55.0 Å². The Morgan fingerprint density at radius 3 is 2.59 bits per heavy atom. The van der Waals surface area contributed by atoms with Crippen LogP contribution in [-0.4, -0.2) is 19.3 Å². The SMILES string of the molecule is Cc1ccc(NC(=O)c2ccc(CS(=O)(=O)c3ccccc3)o2)c2cccnc12. The summed E-state index contributed by atoms with van der Waals surface area (Å²) in [6.07, 6.45) is 1.70. The smallest absolute Gasteiger partial charge is 0.291 e. The normalized spacial score (nSPS) is 11.5. The first-order chi connectivity index (χ1) is 13.9. The van der Waals surface area contributed by atoms with Gasteiger partial charge in [0.1, 0.15) is 11.5 Å². The van der Waals surface area contributed by atoms with Crippen LogP contribution in [0.1, 0.15) is 21.9 Å². The van der Waals surface area contributed by atoms with E-state index in [0.717, 1.165) is 16.5 Å². The number of nitrogens with one attached hydrogen (secondary N) is 1. The number of aryl methyl sites for hydroxylation is 1. The molecule has 0 atom stereocenters. The number of hydrogen-bond donors (Lipinski definition) is 1. The number of pyridine rings is 1. The second kappa shape index (κ2) is 7.52. The lowest BCUT2D eigenvalue weighted by atomic mass is 10.1. The number of hydrogen-bond acceptors (Lipinski definition) is 5. The van der Waals surface area contributed by atoms with Gasteiger partial charge < -0.3 is 9.73 Å². The molecule has 4 aromatic rings. The summed E-state index contributed by atoms with van der Waals surface area (Å²) in [6, 6.07) is 18.5. The molecule has 0 saturated heterocycles. The van der Waals surface area contributed by atoms with Crippen LogP contribution in [0.4, 0.5) is 5.69 Å². The number of carbonyl (C=O) groups excluding carboxylic acids is 1. The zero-order chi connectivity index (χ0) is 20.4. The van der Waals surface area contributed by atoms with Gasteiger partial charge in [0.25, 0.3) is 5.91 Å². The molecule has 0 aliphatic heterocycles. The molecule has 0 spiro atoms. The Bertz CT molecular complexity index is 1290. The van der Waals surface area contributed by atoms with E-state index in [9.17, 15) is 13.2 Å². The number of anilines is 1. The highest BCUT2D eigenvalue weighted by Gasteiger charge is 2.19. The van der Waals surface area contributed by atoms with E-state index in [2.05, 4.69) is 10.3 Å². The molecule has 2 aromatic heterocycles. The quantitative estimate of drug-likeness (QED) is 0.532. The van der Waals surface area contributed by atoms with Gasteiger partial charge in [0.15, 0.2) is 15.6 Å². The highest BCUT2D eigenvalue weighted by molar-refractivity contribution is 7.90. The van der Waals surface area contributed by atoms with Crippen molar-refractivity contribution in [2.45, 2.75) is 17.6 Å². The van der Waals surface area contributed by atoms with E-state index in [1.54, 1.807) is 36.5 Å². The maximum atomic E-state index is 12.6. The van der Waals surface area contributed by atoms with E-state index < -0.39 is 15.7 Å². The van der Waals surface area contributed by atoms with E-state index in [-0.39, 0.29) is 22.2 Å². The Morgan fingerprint density at radius 1 is 1.00 bits per heavy atom. The lowest BCUT2D eigenvalue weighted by Crippen LogP contribution is -2.11. The number of amides is 1. The number of rotatable bonds is 5. The summed E-state index contributed by atoms with van der Waals surface area (Å²) in [5.41, 5.74) is 2.42. The molecule has 1 N–H and O–H groups in total. The van der Waals surface area contributed by atoms with Crippen LogP contribution >= 0.6 is 0 Å². The summed E-state index contributed by atoms with van der Waals surface area (Å²) < 4.78 is 30.5. The van der Waals surface area contributed by atoms with Crippen molar-refractivity contribution in [3.05, 3.63) is 90.0 Å². The summed E-state index contributed by atoms with van der Waals surface area (Å²) >= 11 is 0. The number of fused-ring (bicyclic) bond motifs is 1. The van der Waals surface area contributed by atoms with Crippen molar-refractivity contribution in [1.82, 2.24) is 4.98 Å². The Labute approximate surface area is 168 Å². The first kappa shape index (κ1) is 18.9. The predicted octanol–water partition coefficient (Wildman–Crippen LogP) is 4.36. The Balaban J connectivity index is 1.55. The van der Waals surface area contributed by atoms with Crippen LogP contribution in [-0.2, 0) is 15.6 Å². The average molecular weight is 406 g/mol. The highest BCUT2D eigenvalue weighted by atomic mass is 32.2. The zero-order valence-electron chi connectivity index (χ0n) is 15.6. The Hall–Kier alpha value is -3.45. The van der Waals surface area contributed by atoms with Gasteiger partial charge in [0, 0.05) is 11.6 Å². The predicted molar refractivity (Wildman–Crippen MR) is 110 cm³/mol. The minimum absolute atomic E-state index is 0.0425. The van der Waals surface area contributed by atoms with Gasteiger partial charge >= 0.3 is 0 Å². The number of nitrogens with zero attached hydrogens (tertiary/aromatic N) is 1. The van der Waals surface area contributed by atoms with Crippen molar-refractivity contribution in [2.24, 2.45) is 0 Å². The fraction of sp³-hybridized carbons (Fsp3) is 0.0909. The van der Waals surface area contributed by atoms with Gasteiger partial charge in [-0.3, -0.25) is 9.78 Å². The van der Waals surface area contributed by atoms with Crippen molar-refractivity contribution < 1.29 is 17.6 Å². The summed E-state index contributed by atoms with van der Waals surface area (Å²) in [4.78, 5) is 17.2. The van der Waals surface area contributed by atoms with Crippen LogP contribution in [0.15, 0.2) is 82.2 Å². The molecule has 0 aliphatic rings. The molecule has 1 amide bonds. The van der Waals surface area contributed by atoms with Crippen LogP contribution in [0.3, 0.4) is 0 Å². The second-order valence-corrected chi connectivity index (χ2v) is 8.61. The van der Waals surface area contributed by atoms with Gasteiger partial charge in [-0.25, -0.2) is 8.42 Å². The van der Waals surface area contributed by atoms with Crippen LogP contribution in [0, 0.1) is 6.92 Å². The van der Waals surface area contributed by atoms with Crippen molar-refractivity contribution in [3.8, 4) is 0 Å². The third kappa shape index (κ3) is 3.90. The first-order valence-electron chi connectivity index (χ1n) is 8.96. The van der Waals surface area contributed by atoms with E-state index in [1.807, 2.05) is 19.1 Å². The maximum Gasteiger partial charge on any atom is 0.291 e. The van der Waals surface area contributed by atoms with Crippen molar-refractivity contribution in [1.29, 1.82) is 0 Å². The molecule has 0 saturated carbocycles. The summed E-state index contributed by atoms with van der Waals surface area (Å²) in [5.74, 6) is -0.528. The summed E-state index contributed by atoms with van der Waals surface area (Å²) in [6.45, 7) is 1.95. The Kier molecular flexibility index (Phi) is 4.90. The fourth-order valence-corrected chi connectivity index (χ4v) is 4.35. The number of sulfone groups is 1. The number of benzene rings is 2. The Morgan fingerprint density at radius 2 is 1.79 bits per heavy atom. The van der Waals surface area contributed by atoms with Gasteiger partial charge in [0.2, 0.25) is 0 Å². The molecule has 4 rings (SSSR count). The molecule has 0 unspecified atom stereocenters. The van der Waals surface area contributed by atoms with Crippen LogP contribution in [0.5, 0.6) is 0 Å². The number of carbonyl (C=O) groups is 1. The van der Waals surface area contributed by atoms with Crippen LogP contribution in [0.2, 0.25) is 0 Å². The van der Waals surface area contributed by atoms with Gasteiger partial charge in [-0.15, -0.1) is 0 Å². The second-order valence-electron chi connectivity index (χ2n) is 6.62. The minimum atomic E-state index is -3.55. The highest BCUT2D eigenvalue weighted by Crippen LogP contribution is 2.25. The van der Waals surface area contributed by atoms with E-state index in [1.165, 1.54) is 24.3 Å². The van der Waals surface area contributed by atoms with Crippen molar-refractivity contribution in [3.63, 3.8) is 0 Å². The molecular weight excluding hydrogens is 388 g/mol. The molecule has 146 valence electrons. The average Bonchev–Trinajstić information content (AvgIpc) is 3.19. The summed E-state index contributed by atoms with van der Waals surface area (Å²) in [7, 11) is -3.55. The van der Waals surface area contributed by atoms with Gasteiger partial charge in [-0.1, -0.05) is 24.3 Å². The molecule has 2 heterocycles. The topological polar surface area (TPSA) is 89.3 Å². The standard InChI is InChI=1S/C22H18N2O4S/c1-15-9-11-19(18-8-5-13-23-21(15)18)24-22(25)20-12-10-16(28-20)14-29(26,27)17-6-3-2-4-7-17/h2-13H,14H2,1H3,(H,24,25). The van der Waals surface area contributed by atoms with Gasteiger partial charge in [0.05, 0.1) is 16.1 Å². The lowest BCUT2D eigenvalue weighted by Gasteiger charge is -2.09. The zero-order valence-corrected chi connectivity index (χ0v) is 16.4. The first-order valence-corrected chi connectivity index (χ1v) is 10.6. The molecule has 2 aromatic carbocycles. The molecule has 0 radical (unpaired) electrons. The largest absolute Gasteiger partial charge is 0.455 e. The molecule has 0 fully saturated rings. The third-order valence-electron chi connectivity index (χ3n) is 4.54. The minimum Gasteiger partial charge on any atom is -0.455 e. The molecular formula is C22H18N2O4S. The molecule has 0 bridgehead atoms. The maximum absolute atomic E-state index is 12.6. The van der Waals surface area contributed by atoms with E-state index >= 15 is 0 Å².